The molecule has 0 saturated heterocycles. The van der Waals surface area contributed by atoms with Crippen molar-refractivity contribution < 1.29 is 4.79 Å². The smallest absolute Gasteiger partial charge is 0.197 e. The van der Waals surface area contributed by atoms with E-state index >= 15 is 4.79 Å². The van der Waals surface area contributed by atoms with Crippen LogP contribution in [0.25, 0.3) is 83.3 Å². The number of rotatable bonds is 6. The first-order valence-corrected chi connectivity index (χ1v) is 21.4. The van der Waals surface area contributed by atoms with Crippen LogP contribution in [-0.4, -0.2) is 10.8 Å². The number of hydrogen-bond acceptors (Lipinski definition) is 2. The van der Waals surface area contributed by atoms with E-state index in [1.165, 1.54) is 0 Å². The second kappa shape index (κ2) is 14.9. The molecule has 63 heavy (non-hydrogen) atoms. The lowest BCUT2D eigenvalue weighted by Gasteiger charge is -2.27. The van der Waals surface area contributed by atoms with E-state index in [4.69, 9.17) is 4.99 Å². The highest BCUT2D eigenvalue weighted by Crippen LogP contribution is 2.50. The average molecular weight is 803 g/mol. The highest BCUT2D eigenvalue weighted by atomic mass is 16.1. The van der Waals surface area contributed by atoms with Crippen molar-refractivity contribution in [3.05, 3.63) is 257 Å². The largest absolute Gasteiger partial charge is 0.354 e. The second-order valence-corrected chi connectivity index (χ2v) is 16.1. The molecule has 1 N–H and O–H groups in total. The standard InChI is InChI=1S/C60H38N2O/c63-60-56(48-32-14-12-29-45(48)44-28-11-10-27-43(44)42-26-9-7-24-40(42)38-20-3-1-4-21-38)54(47-31-13-8-25-41(47)39-22-5-2-6-23-39)55-50-33-16-18-37-53(50)62-59(55)57(60)51-35-19-34-49-46-30-15-17-36-52(46)61-58(49)51/h1-37,62H. The van der Waals surface area contributed by atoms with Gasteiger partial charge in [-0.25, -0.2) is 4.99 Å². The Hall–Kier alpha value is -8.40. The van der Waals surface area contributed by atoms with E-state index in [1.807, 2.05) is 12.1 Å². The van der Waals surface area contributed by atoms with Crippen molar-refractivity contribution in [2.45, 2.75) is 0 Å². The van der Waals surface area contributed by atoms with Gasteiger partial charge in [-0.2, -0.15) is 0 Å². The summed E-state index contributed by atoms with van der Waals surface area (Å²) in [6.07, 6.45) is 0. The number of hydrogen-bond donors (Lipinski definition) is 1. The van der Waals surface area contributed by atoms with Gasteiger partial charge in [0.05, 0.1) is 22.3 Å². The number of benzene rings is 9. The lowest BCUT2D eigenvalue weighted by atomic mass is 9.74. The zero-order chi connectivity index (χ0) is 41.9. The summed E-state index contributed by atoms with van der Waals surface area (Å²) < 4.78 is 0. The molecule has 9 aromatic carbocycles. The van der Waals surface area contributed by atoms with Gasteiger partial charge in [0.15, 0.2) is 5.78 Å². The summed E-state index contributed by atoms with van der Waals surface area (Å²) in [5.74, 6) is -0.0545. The van der Waals surface area contributed by atoms with Crippen molar-refractivity contribution >= 4 is 39.1 Å². The Bertz CT molecular complexity index is 3630. The zero-order valence-electron chi connectivity index (χ0n) is 34.2. The minimum atomic E-state index is -0.0545. The maximum Gasteiger partial charge on any atom is 0.197 e. The second-order valence-electron chi connectivity index (χ2n) is 16.1. The predicted molar refractivity (Wildman–Crippen MR) is 259 cm³/mol. The summed E-state index contributed by atoms with van der Waals surface area (Å²) in [6, 6.07) is 78.2. The maximum atomic E-state index is 16.5. The van der Waals surface area contributed by atoms with Crippen LogP contribution in [0.3, 0.4) is 0 Å². The van der Waals surface area contributed by atoms with E-state index < -0.39 is 0 Å². The lowest BCUT2D eigenvalue weighted by Crippen LogP contribution is -2.32. The molecule has 3 heteroatoms. The van der Waals surface area contributed by atoms with Crippen molar-refractivity contribution in [3.8, 4) is 55.6 Å². The third-order valence-electron chi connectivity index (χ3n) is 12.6. The van der Waals surface area contributed by atoms with Crippen LogP contribution in [0.2, 0.25) is 0 Å². The van der Waals surface area contributed by atoms with Gasteiger partial charge in [0.2, 0.25) is 0 Å². The van der Waals surface area contributed by atoms with Crippen molar-refractivity contribution in [1.82, 2.24) is 4.98 Å². The normalized spacial score (nSPS) is 13.7. The molecule has 294 valence electrons. The molecule has 0 fully saturated rings. The number of Topliss-reactive ketones (excluding diaryl/α,β-unsaturated/α-hetero) is 1. The highest BCUT2D eigenvalue weighted by molar-refractivity contribution is 6.50. The fourth-order valence-corrected chi connectivity index (χ4v) is 9.90. The molecular weight excluding hydrogens is 765 g/mol. The van der Waals surface area contributed by atoms with E-state index in [1.54, 1.807) is 0 Å². The SMILES string of the molecule is O=C1C(c2ccccc2-c2ccccc2-c2ccccc2-c2ccccc2)=C(c2ccccc2-c2ccccc2)c2c([nH]c3ccccc23)C1=c1cccc2c1=Nc1ccccc1-2. The van der Waals surface area contributed by atoms with Crippen LogP contribution in [0.4, 0.5) is 5.69 Å². The first kappa shape index (κ1) is 36.5. The van der Waals surface area contributed by atoms with Crippen molar-refractivity contribution in [3.63, 3.8) is 0 Å². The molecule has 0 saturated carbocycles. The number of nitrogens with one attached hydrogen (secondary N) is 1. The van der Waals surface area contributed by atoms with Gasteiger partial charge >= 0.3 is 0 Å². The number of carbonyl (C=O) groups is 1. The molecule has 0 bridgehead atoms. The third-order valence-corrected chi connectivity index (χ3v) is 12.6. The monoisotopic (exact) mass is 802 g/mol. The van der Waals surface area contributed by atoms with Gasteiger partial charge in [-0.05, 0) is 67.8 Å². The Morgan fingerprint density at radius 1 is 0.333 bits per heavy atom. The third kappa shape index (κ3) is 5.89. The lowest BCUT2D eigenvalue weighted by molar-refractivity contribution is -0.108. The van der Waals surface area contributed by atoms with E-state index in [0.717, 1.165) is 111 Å². The number of fused-ring (bicyclic) bond motifs is 6. The van der Waals surface area contributed by atoms with Gasteiger partial charge in [0.1, 0.15) is 0 Å². The van der Waals surface area contributed by atoms with Crippen LogP contribution < -0.4 is 10.6 Å². The minimum Gasteiger partial charge on any atom is -0.354 e. The summed E-state index contributed by atoms with van der Waals surface area (Å²) in [4.78, 5) is 25.5. The minimum absolute atomic E-state index is 0.0545. The van der Waals surface area contributed by atoms with Crippen LogP contribution in [-0.2, 0) is 4.79 Å². The molecule has 0 amide bonds. The number of aromatic nitrogens is 1. The Morgan fingerprint density at radius 3 is 1.41 bits per heavy atom. The van der Waals surface area contributed by atoms with Crippen molar-refractivity contribution in [2.75, 3.05) is 0 Å². The summed E-state index contributed by atoms with van der Waals surface area (Å²) in [5, 5.41) is 2.68. The average Bonchev–Trinajstić information content (AvgIpc) is 3.93. The molecule has 0 spiro atoms. The molecule has 1 aromatic heterocycles. The van der Waals surface area contributed by atoms with E-state index in [0.29, 0.717) is 11.1 Å². The fraction of sp³-hybridized carbons (Fsp3) is 0. The van der Waals surface area contributed by atoms with Crippen LogP contribution in [0.5, 0.6) is 0 Å². The Balaban J connectivity index is 1.22. The molecule has 2 aliphatic rings. The Morgan fingerprint density at radius 2 is 0.778 bits per heavy atom. The zero-order valence-corrected chi connectivity index (χ0v) is 34.2. The van der Waals surface area contributed by atoms with Crippen molar-refractivity contribution in [2.24, 2.45) is 4.99 Å². The predicted octanol–water partition coefficient (Wildman–Crippen LogP) is 13.5. The van der Waals surface area contributed by atoms with E-state index in [2.05, 4.69) is 217 Å². The number of carbonyl (C=O) groups excluding carboxylic acids is 1. The molecule has 0 radical (unpaired) electrons. The number of ketones is 1. The van der Waals surface area contributed by atoms with Crippen LogP contribution in [0, 0.1) is 0 Å². The van der Waals surface area contributed by atoms with Crippen LogP contribution >= 0.6 is 0 Å². The summed E-state index contributed by atoms with van der Waals surface area (Å²) in [5.41, 5.74) is 18.5. The summed E-state index contributed by atoms with van der Waals surface area (Å²) in [7, 11) is 0. The molecule has 0 atom stereocenters. The van der Waals surface area contributed by atoms with E-state index in [-0.39, 0.29) is 5.78 Å². The molecule has 0 unspecified atom stereocenters. The summed E-state index contributed by atoms with van der Waals surface area (Å²) in [6.45, 7) is 0. The molecular formula is C60H38N2O. The molecule has 2 heterocycles. The fourth-order valence-electron chi connectivity index (χ4n) is 9.90. The molecule has 3 nitrogen and oxygen atoms in total. The van der Waals surface area contributed by atoms with Gasteiger partial charge in [-0.1, -0.05) is 212 Å². The highest BCUT2D eigenvalue weighted by Gasteiger charge is 2.37. The van der Waals surface area contributed by atoms with Gasteiger partial charge in [0.25, 0.3) is 0 Å². The first-order valence-electron chi connectivity index (χ1n) is 21.4. The number of nitrogens with zero attached hydrogens (tertiary/aromatic N) is 1. The topological polar surface area (TPSA) is 45.2 Å². The Labute approximate surface area is 365 Å². The summed E-state index contributed by atoms with van der Waals surface area (Å²) >= 11 is 0. The number of H-pyrrole nitrogens is 1. The molecule has 1 aliphatic carbocycles. The van der Waals surface area contributed by atoms with E-state index in [9.17, 15) is 0 Å². The van der Waals surface area contributed by atoms with Crippen LogP contribution in [0.15, 0.2) is 229 Å². The molecule has 10 aromatic rings. The van der Waals surface area contributed by atoms with Gasteiger partial charge in [-0.3, -0.25) is 4.79 Å². The quantitative estimate of drug-likeness (QED) is 0.179. The number of allylic oxidation sites excluding steroid dienone is 1. The van der Waals surface area contributed by atoms with Crippen molar-refractivity contribution in [1.29, 1.82) is 0 Å². The maximum absolute atomic E-state index is 16.5. The van der Waals surface area contributed by atoms with Gasteiger partial charge in [-0.15, -0.1) is 0 Å². The van der Waals surface area contributed by atoms with Gasteiger partial charge in [0, 0.05) is 44.0 Å². The number of aromatic amines is 1. The molecule has 12 rings (SSSR count). The Kier molecular flexibility index (Phi) is 8.65. The molecule has 1 aliphatic heterocycles. The van der Waals surface area contributed by atoms with Crippen LogP contribution in [0.1, 0.15) is 22.4 Å². The first-order chi connectivity index (χ1) is 31.2. The number of para-hydroxylation sites is 3. The van der Waals surface area contributed by atoms with Gasteiger partial charge < -0.3 is 4.98 Å².